The molecule has 1 fully saturated rings. The molecule has 5 nitrogen and oxygen atoms in total. The summed E-state index contributed by atoms with van der Waals surface area (Å²) >= 11 is 0. The highest BCUT2D eigenvalue weighted by Gasteiger charge is 2.36. The van der Waals surface area contributed by atoms with E-state index in [1.54, 1.807) is 0 Å². The van der Waals surface area contributed by atoms with Crippen molar-refractivity contribution in [2.24, 2.45) is 13.0 Å². The van der Waals surface area contributed by atoms with Crippen LogP contribution >= 0.6 is 0 Å². The Bertz CT molecular complexity index is 679. The number of pyridine rings is 1. The first-order chi connectivity index (χ1) is 12.0. The van der Waals surface area contributed by atoms with Gasteiger partial charge in [-0.1, -0.05) is 19.8 Å². The standard InChI is InChI=1S/C20H31N5/c1-16-6-5-9-20(12-16,24(2)3)15-22-13-18-14-25(4)23-19(18)17-7-10-21-11-8-17/h7-8,10-11,14,16,22H,5-6,9,12-13,15H2,1-4H3/t16-,20-/m1/s1. The van der Waals surface area contributed by atoms with E-state index in [1.165, 1.54) is 31.2 Å². The molecule has 5 heteroatoms. The van der Waals surface area contributed by atoms with E-state index < -0.39 is 0 Å². The van der Waals surface area contributed by atoms with Gasteiger partial charge in [-0.3, -0.25) is 9.67 Å². The molecule has 3 rings (SSSR count). The second-order valence-corrected chi connectivity index (χ2v) is 7.84. The predicted octanol–water partition coefficient (Wildman–Crippen LogP) is 3.08. The molecule has 0 unspecified atom stereocenters. The Morgan fingerprint density at radius 1 is 1.32 bits per heavy atom. The van der Waals surface area contributed by atoms with Crippen LogP contribution in [0.25, 0.3) is 11.3 Å². The fourth-order valence-electron chi connectivity index (χ4n) is 4.21. The molecule has 0 radical (unpaired) electrons. The second-order valence-electron chi connectivity index (χ2n) is 7.84. The summed E-state index contributed by atoms with van der Waals surface area (Å²) in [6, 6.07) is 4.05. The Morgan fingerprint density at radius 3 is 2.76 bits per heavy atom. The molecule has 2 aromatic rings. The summed E-state index contributed by atoms with van der Waals surface area (Å²) in [5, 5.41) is 8.38. The minimum Gasteiger partial charge on any atom is -0.311 e. The van der Waals surface area contributed by atoms with Crippen molar-refractivity contribution in [1.82, 2.24) is 25.0 Å². The third-order valence-electron chi connectivity index (χ3n) is 5.64. The van der Waals surface area contributed by atoms with Crippen LogP contribution < -0.4 is 5.32 Å². The lowest BCUT2D eigenvalue weighted by Crippen LogP contribution is -2.54. The van der Waals surface area contributed by atoms with Crippen molar-refractivity contribution in [3.05, 3.63) is 36.3 Å². The second kappa shape index (κ2) is 7.67. The Hall–Kier alpha value is -1.72. The topological polar surface area (TPSA) is 46.0 Å². The normalized spacial score (nSPS) is 24.0. The summed E-state index contributed by atoms with van der Waals surface area (Å²) in [6.45, 7) is 4.25. The zero-order valence-electron chi connectivity index (χ0n) is 16.0. The first kappa shape index (κ1) is 18.1. The zero-order chi connectivity index (χ0) is 17.9. The fraction of sp³-hybridized carbons (Fsp3) is 0.600. The summed E-state index contributed by atoms with van der Waals surface area (Å²) in [4.78, 5) is 6.54. The number of hydrogen-bond donors (Lipinski definition) is 1. The Labute approximate surface area is 151 Å². The monoisotopic (exact) mass is 341 g/mol. The van der Waals surface area contributed by atoms with E-state index in [2.05, 4.69) is 47.5 Å². The maximum atomic E-state index is 4.65. The SMILES string of the molecule is C[C@@H]1CCC[C@@](CNCc2cn(C)nc2-c2ccncc2)(N(C)C)C1. The van der Waals surface area contributed by atoms with Crippen LogP contribution in [0.1, 0.15) is 38.2 Å². The molecule has 0 bridgehead atoms. The third-order valence-corrected chi connectivity index (χ3v) is 5.64. The van der Waals surface area contributed by atoms with Crippen LogP contribution in [0.5, 0.6) is 0 Å². The molecule has 0 aliphatic heterocycles. The quantitative estimate of drug-likeness (QED) is 0.877. The molecule has 0 saturated heterocycles. The van der Waals surface area contributed by atoms with Gasteiger partial charge in [-0.15, -0.1) is 0 Å². The van der Waals surface area contributed by atoms with Crippen molar-refractivity contribution in [3.63, 3.8) is 0 Å². The molecule has 1 saturated carbocycles. The summed E-state index contributed by atoms with van der Waals surface area (Å²) < 4.78 is 1.90. The van der Waals surface area contributed by atoms with Gasteiger partial charge in [0.2, 0.25) is 0 Å². The summed E-state index contributed by atoms with van der Waals surface area (Å²) in [6.07, 6.45) is 11.0. The molecule has 2 heterocycles. The molecular weight excluding hydrogens is 310 g/mol. The molecule has 1 aliphatic carbocycles. The Kier molecular flexibility index (Phi) is 5.54. The minimum atomic E-state index is 0.275. The van der Waals surface area contributed by atoms with Crippen molar-refractivity contribution in [2.45, 2.75) is 44.7 Å². The van der Waals surface area contributed by atoms with Crippen molar-refractivity contribution in [1.29, 1.82) is 0 Å². The predicted molar refractivity (Wildman–Crippen MR) is 102 cm³/mol. The molecule has 0 spiro atoms. The van der Waals surface area contributed by atoms with E-state index in [0.717, 1.165) is 30.3 Å². The lowest BCUT2D eigenvalue weighted by Gasteiger charge is -2.45. The van der Waals surface area contributed by atoms with Crippen molar-refractivity contribution >= 4 is 0 Å². The van der Waals surface area contributed by atoms with Gasteiger partial charge in [0.15, 0.2) is 0 Å². The molecule has 1 aliphatic rings. The van der Waals surface area contributed by atoms with Gasteiger partial charge in [0, 0.05) is 55.4 Å². The van der Waals surface area contributed by atoms with Crippen LogP contribution in [0.4, 0.5) is 0 Å². The van der Waals surface area contributed by atoms with Gasteiger partial charge in [-0.25, -0.2) is 0 Å². The maximum absolute atomic E-state index is 4.65. The summed E-state index contributed by atoms with van der Waals surface area (Å²) in [5.74, 6) is 0.809. The first-order valence-electron chi connectivity index (χ1n) is 9.31. The van der Waals surface area contributed by atoms with Gasteiger partial charge >= 0.3 is 0 Å². The van der Waals surface area contributed by atoms with Gasteiger partial charge in [0.25, 0.3) is 0 Å². The number of nitrogens with zero attached hydrogens (tertiary/aromatic N) is 4. The highest BCUT2D eigenvalue weighted by atomic mass is 15.3. The van der Waals surface area contributed by atoms with Crippen LogP contribution in [0, 0.1) is 5.92 Å². The summed E-state index contributed by atoms with van der Waals surface area (Å²) in [5.41, 5.74) is 3.69. The van der Waals surface area contributed by atoms with Crippen LogP contribution in [-0.2, 0) is 13.6 Å². The zero-order valence-corrected chi connectivity index (χ0v) is 16.0. The van der Waals surface area contributed by atoms with Crippen LogP contribution in [0.15, 0.2) is 30.7 Å². The van der Waals surface area contributed by atoms with E-state index in [-0.39, 0.29) is 5.54 Å². The average Bonchev–Trinajstić information content (AvgIpc) is 2.96. The van der Waals surface area contributed by atoms with Gasteiger partial charge in [0.05, 0.1) is 5.69 Å². The number of hydrogen-bond acceptors (Lipinski definition) is 4. The summed E-state index contributed by atoms with van der Waals surface area (Å²) in [7, 11) is 6.44. The number of aryl methyl sites for hydroxylation is 1. The van der Waals surface area contributed by atoms with Gasteiger partial charge in [-0.2, -0.15) is 5.10 Å². The van der Waals surface area contributed by atoms with E-state index in [0.29, 0.717) is 0 Å². The van der Waals surface area contributed by atoms with Gasteiger partial charge in [0.1, 0.15) is 0 Å². The molecular formula is C20H31N5. The third kappa shape index (κ3) is 4.10. The number of likely N-dealkylation sites (N-methyl/N-ethyl adjacent to an activating group) is 1. The smallest absolute Gasteiger partial charge is 0.0969 e. The van der Waals surface area contributed by atoms with Crippen molar-refractivity contribution in [2.75, 3.05) is 20.6 Å². The minimum absolute atomic E-state index is 0.275. The molecule has 136 valence electrons. The van der Waals surface area contributed by atoms with Gasteiger partial charge < -0.3 is 10.2 Å². The first-order valence-corrected chi connectivity index (χ1v) is 9.31. The molecule has 25 heavy (non-hydrogen) atoms. The number of rotatable bonds is 6. The lowest BCUT2D eigenvalue weighted by atomic mass is 9.75. The van der Waals surface area contributed by atoms with E-state index in [1.807, 2.05) is 36.3 Å². The van der Waals surface area contributed by atoms with E-state index >= 15 is 0 Å². The number of nitrogens with one attached hydrogen (secondary N) is 1. The molecule has 0 amide bonds. The lowest BCUT2D eigenvalue weighted by molar-refractivity contribution is 0.0750. The van der Waals surface area contributed by atoms with Crippen molar-refractivity contribution in [3.8, 4) is 11.3 Å². The van der Waals surface area contributed by atoms with E-state index in [4.69, 9.17) is 0 Å². The van der Waals surface area contributed by atoms with Gasteiger partial charge in [-0.05, 0) is 45.0 Å². The van der Waals surface area contributed by atoms with Crippen LogP contribution in [0.2, 0.25) is 0 Å². The molecule has 1 N–H and O–H groups in total. The average molecular weight is 342 g/mol. The Balaban J connectivity index is 1.70. The molecule has 2 atom stereocenters. The maximum Gasteiger partial charge on any atom is 0.0969 e. The van der Waals surface area contributed by atoms with Crippen molar-refractivity contribution < 1.29 is 0 Å². The molecule has 2 aromatic heterocycles. The molecule has 0 aromatic carbocycles. The fourth-order valence-corrected chi connectivity index (χ4v) is 4.21. The number of aromatic nitrogens is 3. The largest absolute Gasteiger partial charge is 0.311 e. The highest BCUT2D eigenvalue weighted by Crippen LogP contribution is 2.35. The highest BCUT2D eigenvalue weighted by molar-refractivity contribution is 5.61. The van der Waals surface area contributed by atoms with Crippen LogP contribution in [-0.4, -0.2) is 45.8 Å². The van der Waals surface area contributed by atoms with Crippen LogP contribution in [0.3, 0.4) is 0 Å². The van der Waals surface area contributed by atoms with E-state index in [9.17, 15) is 0 Å². The Morgan fingerprint density at radius 2 is 2.08 bits per heavy atom.